The Bertz CT molecular complexity index is 545. The average Bonchev–Trinajstić information content (AvgIpc) is 3.41. The molecule has 1 aliphatic heterocycles. The molecule has 3 rings (SSSR count). The van der Waals surface area contributed by atoms with Crippen LogP contribution in [0.4, 0.5) is 5.69 Å². The van der Waals surface area contributed by atoms with E-state index in [0.29, 0.717) is 5.92 Å². The van der Waals surface area contributed by atoms with Crippen molar-refractivity contribution in [2.45, 2.75) is 37.8 Å². The van der Waals surface area contributed by atoms with Gasteiger partial charge in [0.1, 0.15) is 11.9 Å². The minimum Gasteiger partial charge on any atom is -0.497 e. The third kappa shape index (κ3) is 3.96. The van der Waals surface area contributed by atoms with Crippen molar-refractivity contribution < 1.29 is 14.3 Å². The molecule has 2 unspecified atom stereocenters. The molecule has 2 aliphatic rings. The summed E-state index contributed by atoms with van der Waals surface area (Å²) in [5, 5.41) is 3.18. The Morgan fingerprint density at radius 3 is 2.83 bits per heavy atom. The van der Waals surface area contributed by atoms with Gasteiger partial charge in [-0.3, -0.25) is 4.79 Å². The Balaban J connectivity index is 1.60. The zero-order valence-corrected chi connectivity index (χ0v) is 14.0. The standard InChI is InChI=1S/C18H26N2O3/c1-22-16-7-3-6-15(11-16)20-10-4-5-14(12-20)19-18(21)17(23-2)13-8-9-13/h3,6-7,11,13-14,17H,4-5,8-10,12H2,1-2H3,(H,19,21). The van der Waals surface area contributed by atoms with E-state index in [4.69, 9.17) is 9.47 Å². The number of nitrogens with zero attached hydrogens (tertiary/aromatic N) is 1. The van der Waals surface area contributed by atoms with E-state index in [9.17, 15) is 4.79 Å². The lowest BCUT2D eigenvalue weighted by Crippen LogP contribution is -2.51. The minimum atomic E-state index is -0.276. The second-order valence-electron chi connectivity index (χ2n) is 6.49. The van der Waals surface area contributed by atoms with Gasteiger partial charge in [0.25, 0.3) is 0 Å². The fourth-order valence-corrected chi connectivity index (χ4v) is 3.33. The van der Waals surface area contributed by atoms with Crippen LogP contribution in [-0.4, -0.2) is 45.4 Å². The van der Waals surface area contributed by atoms with Gasteiger partial charge in [0, 0.05) is 38.0 Å². The number of hydrogen-bond donors (Lipinski definition) is 1. The molecule has 23 heavy (non-hydrogen) atoms. The number of benzene rings is 1. The van der Waals surface area contributed by atoms with Crippen LogP contribution in [0.15, 0.2) is 24.3 Å². The molecule has 5 heteroatoms. The van der Waals surface area contributed by atoms with Crippen LogP contribution in [0.2, 0.25) is 0 Å². The number of hydrogen-bond acceptors (Lipinski definition) is 4. The molecule has 1 heterocycles. The van der Waals surface area contributed by atoms with Crippen molar-refractivity contribution in [3.63, 3.8) is 0 Å². The first kappa shape index (κ1) is 16.1. The fraction of sp³-hybridized carbons (Fsp3) is 0.611. The molecule has 0 radical (unpaired) electrons. The topological polar surface area (TPSA) is 50.8 Å². The van der Waals surface area contributed by atoms with Gasteiger partial charge >= 0.3 is 0 Å². The number of methoxy groups -OCH3 is 2. The third-order valence-electron chi connectivity index (χ3n) is 4.75. The summed E-state index contributed by atoms with van der Waals surface area (Å²) in [5.41, 5.74) is 1.15. The van der Waals surface area contributed by atoms with Crippen molar-refractivity contribution >= 4 is 11.6 Å². The van der Waals surface area contributed by atoms with Crippen molar-refractivity contribution in [2.24, 2.45) is 5.92 Å². The smallest absolute Gasteiger partial charge is 0.249 e. The van der Waals surface area contributed by atoms with Crippen molar-refractivity contribution in [2.75, 3.05) is 32.2 Å². The summed E-state index contributed by atoms with van der Waals surface area (Å²) in [7, 11) is 3.31. The summed E-state index contributed by atoms with van der Waals surface area (Å²) in [6.45, 7) is 1.84. The first-order valence-electron chi connectivity index (χ1n) is 8.43. The van der Waals surface area contributed by atoms with Crippen molar-refractivity contribution in [3.05, 3.63) is 24.3 Å². The molecule has 1 saturated carbocycles. The third-order valence-corrected chi connectivity index (χ3v) is 4.75. The molecule has 1 N–H and O–H groups in total. The minimum absolute atomic E-state index is 0.0486. The highest BCUT2D eigenvalue weighted by Crippen LogP contribution is 2.34. The maximum atomic E-state index is 12.4. The number of carbonyl (C=O) groups excluding carboxylic acids is 1. The van der Waals surface area contributed by atoms with Gasteiger partial charge in [-0.05, 0) is 43.7 Å². The van der Waals surface area contributed by atoms with Crippen molar-refractivity contribution in [1.29, 1.82) is 0 Å². The normalized spacial score (nSPS) is 22.5. The van der Waals surface area contributed by atoms with Crippen LogP contribution >= 0.6 is 0 Å². The molecular formula is C18H26N2O3. The molecule has 1 amide bonds. The van der Waals surface area contributed by atoms with E-state index in [-0.39, 0.29) is 18.1 Å². The van der Waals surface area contributed by atoms with Gasteiger partial charge in [-0.2, -0.15) is 0 Å². The van der Waals surface area contributed by atoms with E-state index in [2.05, 4.69) is 16.3 Å². The lowest BCUT2D eigenvalue weighted by atomic mass is 10.0. The van der Waals surface area contributed by atoms with Gasteiger partial charge in [-0.1, -0.05) is 6.07 Å². The summed E-state index contributed by atoms with van der Waals surface area (Å²) in [5.74, 6) is 1.33. The SMILES string of the molecule is COc1cccc(N2CCCC(NC(=O)C(OC)C3CC3)C2)c1. The quantitative estimate of drug-likeness (QED) is 0.874. The number of piperidine rings is 1. The molecule has 1 aromatic carbocycles. The van der Waals surface area contributed by atoms with Gasteiger partial charge in [0.05, 0.1) is 7.11 Å². The molecule has 1 aliphatic carbocycles. The van der Waals surface area contributed by atoms with E-state index >= 15 is 0 Å². The number of carbonyl (C=O) groups is 1. The molecule has 0 spiro atoms. The second-order valence-corrected chi connectivity index (χ2v) is 6.49. The van der Waals surface area contributed by atoms with Crippen LogP contribution < -0.4 is 15.0 Å². The number of ether oxygens (including phenoxy) is 2. The summed E-state index contributed by atoms with van der Waals surface area (Å²) in [6, 6.07) is 8.27. The predicted octanol–water partition coefficient (Wildman–Crippen LogP) is 2.21. The van der Waals surface area contributed by atoms with Crippen LogP contribution in [-0.2, 0) is 9.53 Å². The maximum absolute atomic E-state index is 12.4. The van der Waals surface area contributed by atoms with Crippen LogP contribution in [0.1, 0.15) is 25.7 Å². The Kier molecular flexibility index (Phi) is 5.06. The van der Waals surface area contributed by atoms with Crippen LogP contribution in [0, 0.1) is 5.92 Å². The number of nitrogens with one attached hydrogen (secondary N) is 1. The first-order chi connectivity index (χ1) is 11.2. The molecule has 1 aromatic rings. The molecule has 126 valence electrons. The van der Waals surface area contributed by atoms with E-state index in [1.807, 2.05) is 18.2 Å². The highest BCUT2D eigenvalue weighted by Gasteiger charge is 2.37. The predicted molar refractivity (Wildman–Crippen MR) is 89.9 cm³/mol. The summed E-state index contributed by atoms with van der Waals surface area (Å²) >= 11 is 0. The molecule has 0 aromatic heterocycles. The monoisotopic (exact) mass is 318 g/mol. The highest BCUT2D eigenvalue weighted by molar-refractivity contribution is 5.81. The van der Waals surface area contributed by atoms with Crippen molar-refractivity contribution in [3.8, 4) is 5.75 Å². The maximum Gasteiger partial charge on any atom is 0.249 e. The second kappa shape index (κ2) is 7.21. The Morgan fingerprint density at radius 1 is 1.30 bits per heavy atom. The highest BCUT2D eigenvalue weighted by atomic mass is 16.5. The van der Waals surface area contributed by atoms with Gasteiger partial charge in [-0.25, -0.2) is 0 Å². The van der Waals surface area contributed by atoms with E-state index < -0.39 is 0 Å². The van der Waals surface area contributed by atoms with Gasteiger partial charge < -0.3 is 19.7 Å². The van der Waals surface area contributed by atoms with E-state index in [0.717, 1.165) is 50.2 Å². The van der Waals surface area contributed by atoms with Gasteiger partial charge in [0.15, 0.2) is 0 Å². The van der Waals surface area contributed by atoms with E-state index in [1.54, 1.807) is 14.2 Å². The summed E-state index contributed by atoms with van der Waals surface area (Å²) in [4.78, 5) is 14.7. The number of anilines is 1. The molecule has 0 bridgehead atoms. The lowest BCUT2D eigenvalue weighted by molar-refractivity contribution is -0.133. The van der Waals surface area contributed by atoms with E-state index in [1.165, 1.54) is 0 Å². The van der Waals surface area contributed by atoms with Crippen LogP contribution in [0.3, 0.4) is 0 Å². The largest absolute Gasteiger partial charge is 0.497 e. The molecule has 1 saturated heterocycles. The Hall–Kier alpha value is -1.75. The van der Waals surface area contributed by atoms with Crippen LogP contribution in [0.25, 0.3) is 0 Å². The van der Waals surface area contributed by atoms with Crippen LogP contribution in [0.5, 0.6) is 5.75 Å². The lowest BCUT2D eigenvalue weighted by Gasteiger charge is -2.35. The Labute approximate surface area is 137 Å². The number of rotatable bonds is 6. The summed E-state index contributed by atoms with van der Waals surface area (Å²) in [6.07, 6.45) is 4.03. The fourth-order valence-electron chi connectivity index (χ4n) is 3.33. The zero-order chi connectivity index (χ0) is 16.2. The molecule has 2 atom stereocenters. The number of amides is 1. The summed E-state index contributed by atoms with van der Waals surface area (Å²) < 4.78 is 10.7. The molecule has 2 fully saturated rings. The van der Waals surface area contributed by atoms with Crippen molar-refractivity contribution in [1.82, 2.24) is 5.32 Å². The Morgan fingerprint density at radius 2 is 2.13 bits per heavy atom. The molecule has 5 nitrogen and oxygen atoms in total. The molecular weight excluding hydrogens is 292 g/mol. The van der Waals surface area contributed by atoms with Gasteiger partial charge in [0.2, 0.25) is 5.91 Å². The first-order valence-corrected chi connectivity index (χ1v) is 8.43. The van der Waals surface area contributed by atoms with Gasteiger partial charge in [-0.15, -0.1) is 0 Å². The average molecular weight is 318 g/mol. The zero-order valence-electron chi connectivity index (χ0n) is 14.0.